The maximum absolute atomic E-state index is 12.0. The van der Waals surface area contributed by atoms with Crippen molar-refractivity contribution in [2.45, 2.75) is 94.8 Å². The number of rotatable bonds is 0. The van der Waals surface area contributed by atoms with E-state index in [0.717, 1.165) is 25.7 Å². The van der Waals surface area contributed by atoms with Gasteiger partial charge >= 0.3 is 0 Å². The fourth-order valence-corrected chi connectivity index (χ4v) is 4.86. The molecule has 1 amide bonds. The van der Waals surface area contributed by atoms with E-state index in [-0.39, 0.29) is 24.2 Å². The minimum absolute atomic E-state index is 0.0936. The Bertz CT molecular complexity index is 487. The zero-order chi connectivity index (χ0) is 15.7. The molecule has 2 heterocycles. The fraction of sp³-hybridized carbons (Fsp3) is 0.938. The largest absolute Gasteiger partial charge is 0.388 e. The first-order chi connectivity index (χ1) is 10.3. The van der Waals surface area contributed by atoms with Crippen LogP contribution in [-0.2, 0) is 19.0 Å². The van der Waals surface area contributed by atoms with E-state index in [4.69, 9.17) is 14.2 Å². The van der Waals surface area contributed by atoms with Crippen LogP contribution in [-0.4, -0.2) is 57.9 Å². The van der Waals surface area contributed by atoms with Gasteiger partial charge in [0.25, 0.3) is 0 Å². The van der Waals surface area contributed by atoms with Gasteiger partial charge in [0.15, 0.2) is 5.79 Å². The van der Waals surface area contributed by atoms with Crippen LogP contribution in [0.25, 0.3) is 0 Å². The van der Waals surface area contributed by atoms with E-state index in [2.05, 4.69) is 0 Å². The molecule has 4 aliphatic rings. The average molecular weight is 311 g/mol. The van der Waals surface area contributed by atoms with Crippen molar-refractivity contribution in [3.63, 3.8) is 0 Å². The Hall–Kier alpha value is -0.690. The molecule has 4 fully saturated rings. The second kappa shape index (κ2) is 4.66. The van der Waals surface area contributed by atoms with Crippen molar-refractivity contribution in [2.24, 2.45) is 0 Å². The lowest BCUT2D eigenvalue weighted by Crippen LogP contribution is -2.52. The molecule has 0 aromatic heterocycles. The first-order valence-corrected chi connectivity index (χ1v) is 8.36. The molecule has 6 heteroatoms. The highest BCUT2D eigenvalue weighted by Crippen LogP contribution is 2.51. The second-order valence-corrected chi connectivity index (χ2v) is 7.54. The normalized spacial score (nSPS) is 45.1. The van der Waals surface area contributed by atoms with Crippen LogP contribution in [0, 0.1) is 0 Å². The van der Waals surface area contributed by atoms with Gasteiger partial charge in [-0.05, 0) is 26.7 Å². The molecule has 2 saturated carbocycles. The topological polar surface area (TPSA) is 68.2 Å². The number of hydrogen-bond acceptors (Lipinski definition) is 5. The van der Waals surface area contributed by atoms with Crippen molar-refractivity contribution in [3.05, 3.63) is 0 Å². The number of nitrogens with zero attached hydrogens (tertiary/aromatic N) is 1. The maximum atomic E-state index is 12.0. The molecule has 1 spiro atoms. The molecule has 22 heavy (non-hydrogen) atoms. The lowest BCUT2D eigenvalue weighted by atomic mass is 9.94. The number of carbonyl (C=O) groups excluding carboxylic acids is 1. The average Bonchev–Trinajstić information content (AvgIpc) is 3.00. The maximum Gasteiger partial charge on any atom is 0.222 e. The van der Waals surface area contributed by atoms with Gasteiger partial charge in [-0.1, -0.05) is 6.42 Å². The number of hydrogen-bond donors (Lipinski definition) is 1. The van der Waals surface area contributed by atoms with Gasteiger partial charge < -0.3 is 24.2 Å². The summed E-state index contributed by atoms with van der Waals surface area (Å²) in [4.78, 5) is 13.7. The van der Waals surface area contributed by atoms with Crippen LogP contribution in [0.2, 0.25) is 0 Å². The quantitative estimate of drug-likeness (QED) is 0.727. The van der Waals surface area contributed by atoms with Crippen LogP contribution in [0.3, 0.4) is 0 Å². The van der Waals surface area contributed by atoms with Crippen LogP contribution < -0.4 is 0 Å². The predicted octanol–water partition coefficient (Wildman–Crippen LogP) is 1.16. The summed E-state index contributed by atoms with van der Waals surface area (Å²) in [6, 6.07) is -0.386. The molecule has 4 rings (SSSR count). The Kier molecular flexibility index (Phi) is 3.15. The SMILES string of the molecule is CC(=O)N1[C@H]2[C@H](O)[C@@H]3OC4(CCCCC4)O[C@@H]3[C@H]2OC1(C)C. The van der Waals surface area contributed by atoms with E-state index in [1.54, 1.807) is 4.90 Å². The molecule has 0 aromatic carbocycles. The van der Waals surface area contributed by atoms with Crippen LogP contribution in [0.1, 0.15) is 52.9 Å². The third-order valence-electron chi connectivity index (χ3n) is 5.63. The van der Waals surface area contributed by atoms with E-state index in [0.29, 0.717) is 0 Å². The first-order valence-electron chi connectivity index (χ1n) is 8.36. The fourth-order valence-electron chi connectivity index (χ4n) is 4.86. The number of fused-ring (bicyclic) bond motifs is 3. The molecule has 2 aliphatic heterocycles. The van der Waals surface area contributed by atoms with Crippen molar-refractivity contribution in [2.75, 3.05) is 0 Å². The van der Waals surface area contributed by atoms with Crippen molar-refractivity contribution in [1.82, 2.24) is 4.90 Å². The summed E-state index contributed by atoms with van der Waals surface area (Å²) in [6.45, 7) is 5.24. The van der Waals surface area contributed by atoms with Crippen LogP contribution in [0.4, 0.5) is 0 Å². The molecule has 2 aliphatic carbocycles. The predicted molar refractivity (Wildman–Crippen MR) is 76.8 cm³/mol. The minimum Gasteiger partial charge on any atom is -0.388 e. The zero-order valence-corrected chi connectivity index (χ0v) is 13.4. The van der Waals surface area contributed by atoms with Gasteiger partial charge in [0, 0.05) is 19.8 Å². The Morgan fingerprint density at radius 1 is 1.05 bits per heavy atom. The summed E-state index contributed by atoms with van der Waals surface area (Å²) in [6.07, 6.45) is 3.38. The molecule has 0 aromatic rings. The van der Waals surface area contributed by atoms with Gasteiger partial charge in [-0.25, -0.2) is 0 Å². The summed E-state index contributed by atoms with van der Waals surface area (Å²) in [7, 11) is 0. The number of carbonyl (C=O) groups is 1. The second-order valence-electron chi connectivity index (χ2n) is 7.54. The van der Waals surface area contributed by atoms with Crippen molar-refractivity contribution >= 4 is 5.91 Å². The third-order valence-corrected chi connectivity index (χ3v) is 5.63. The summed E-state index contributed by atoms with van der Waals surface area (Å²) >= 11 is 0. The Morgan fingerprint density at radius 2 is 1.68 bits per heavy atom. The Balaban J connectivity index is 1.62. The highest BCUT2D eigenvalue weighted by Gasteiger charge is 2.68. The molecule has 5 atom stereocenters. The van der Waals surface area contributed by atoms with Gasteiger partial charge in [0.1, 0.15) is 30.1 Å². The molecule has 6 nitrogen and oxygen atoms in total. The van der Waals surface area contributed by atoms with Crippen molar-refractivity contribution in [3.8, 4) is 0 Å². The van der Waals surface area contributed by atoms with E-state index in [1.165, 1.54) is 13.3 Å². The standard InChI is InChI=1S/C16H25NO5/c1-9(18)17-10-11(19)13-14(12(10)20-15(17,2)3)22-16(21-13)7-5-4-6-8-16/h10-14,19H,4-8H2,1-3H3/t10-,11-,12-,13-,14+/m0/s1. The summed E-state index contributed by atoms with van der Waals surface area (Å²) in [5.74, 6) is -0.639. The number of aliphatic hydroxyl groups is 1. The van der Waals surface area contributed by atoms with E-state index >= 15 is 0 Å². The van der Waals surface area contributed by atoms with Gasteiger partial charge in [-0.2, -0.15) is 0 Å². The number of aliphatic hydroxyl groups excluding tert-OH is 1. The molecule has 2 saturated heterocycles. The lowest BCUT2D eigenvalue weighted by molar-refractivity contribution is -0.215. The van der Waals surface area contributed by atoms with Gasteiger partial charge in [0.2, 0.25) is 5.91 Å². The summed E-state index contributed by atoms with van der Waals surface area (Å²) in [5.41, 5.74) is -0.723. The van der Waals surface area contributed by atoms with E-state index < -0.39 is 23.7 Å². The Morgan fingerprint density at radius 3 is 2.32 bits per heavy atom. The summed E-state index contributed by atoms with van der Waals surface area (Å²) < 4.78 is 18.5. The van der Waals surface area contributed by atoms with Crippen molar-refractivity contribution in [1.29, 1.82) is 0 Å². The molecule has 1 N–H and O–H groups in total. The third kappa shape index (κ3) is 1.90. The van der Waals surface area contributed by atoms with Crippen LogP contribution >= 0.6 is 0 Å². The number of ether oxygens (including phenoxy) is 3. The van der Waals surface area contributed by atoms with Gasteiger partial charge in [-0.3, -0.25) is 4.79 Å². The highest BCUT2D eigenvalue weighted by molar-refractivity contribution is 5.75. The first kappa shape index (κ1) is 14.9. The van der Waals surface area contributed by atoms with Crippen LogP contribution in [0.15, 0.2) is 0 Å². The Labute approximate surface area is 130 Å². The van der Waals surface area contributed by atoms with E-state index in [1.807, 2.05) is 13.8 Å². The molecule has 0 unspecified atom stereocenters. The number of amides is 1. The highest BCUT2D eigenvalue weighted by atomic mass is 16.8. The van der Waals surface area contributed by atoms with Crippen molar-refractivity contribution < 1.29 is 24.1 Å². The monoisotopic (exact) mass is 311 g/mol. The lowest BCUT2D eigenvalue weighted by Gasteiger charge is -2.36. The smallest absolute Gasteiger partial charge is 0.222 e. The molecule has 124 valence electrons. The van der Waals surface area contributed by atoms with Crippen LogP contribution in [0.5, 0.6) is 0 Å². The molecular formula is C16H25NO5. The van der Waals surface area contributed by atoms with Gasteiger partial charge in [0.05, 0.1) is 6.04 Å². The van der Waals surface area contributed by atoms with E-state index in [9.17, 15) is 9.90 Å². The van der Waals surface area contributed by atoms with Gasteiger partial charge in [-0.15, -0.1) is 0 Å². The summed E-state index contributed by atoms with van der Waals surface area (Å²) in [5, 5.41) is 10.8. The minimum atomic E-state index is -0.762. The zero-order valence-electron chi connectivity index (χ0n) is 13.4. The molecular weight excluding hydrogens is 286 g/mol. The molecule has 0 radical (unpaired) electrons. The molecule has 0 bridgehead atoms.